The molecule has 0 fully saturated rings. The molecule has 1 unspecified atom stereocenters. The number of fused-ring (bicyclic) bond motifs is 1. The molecule has 0 saturated carbocycles. The molecule has 0 aliphatic carbocycles. The van der Waals surface area contributed by atoms with E-state index in [1.54, 1.807) is 0 Å². The molecule has 0 bridgehead atoms. The number of nitrogens with one attached hydrogen (secondary N) is 1. The number of aryl methyl sites for hydroxylation is 2. The molecule has 1 heterocycles. The maximum absolute atomic E-state index is 3.66. The van der Waals surface area contributed by atoms with E-state index < -0.39 is 0 Å². The molecule has 0 saturated heterocycles. The van der Waals surface area contributed by atoms with Gasteiger partial charge in [0.05, 0.1) is 0 Å². The summed E-state index contributed by atoms with van der Waals surface area (Å²) in [6.45, 7) is 2.16. The molecular weight excluding hydrogens is 218 g/mol. The molecule has 1 N–H and O–H groups in total. The molecule has 3 rings (SSSR count). The molecule has 1 aliphatic rings. The Morgan fingerprint density at radius 2 is 2.00 bits per heavy atom. The van der Waals surface area contributed by atoms with Gasteiger partial charge < -0.3 is 5.32 Å². The Kier molecular flexibility index (Phi) is 3.06. The van der Waals surface area contributed by atoms with Gasteiger partial charge in [0, 0.05) is 11.7 Å². The number of para-hydroxylation sites is 1. The summed E-state index contributed by atoms with van der Waals surface area (Å²) in [5, 5.41) is 3.66. The van der Waals surface area contributed by atoms with E-state index in [-0.39, 0.29) is 0 Å². The Morgan fingerprint density at radius 3 is 2.89 bits per heavy atom. The molecule has 1 nitrogen and oxygen atoms in total. The van der Waals surface area contributed by atoms with Crippen molar-refractivity contribution in [1.29, 1.82) is 0 Å². The summed E-state index contributed by atoms with van der Waals surface area (Å²) in [6, 6.07) is 18.1. The van der Waals surface area contributed by atoms with Gasteiger partial charge in [0.25, 0.3) is 0 Å². The first-order chi connectivity index (χ1) is 8.81. The molecule has 0 spiro atoms. The van der Waals surface area contributed by atoms with Crippen LogP contribution in [-0.2, 0) is 12.8 Å². The standard InChI is InChI=1S/C17H19N/c1-13-5-4-6-14(11-13)12-16-10-9-15-7-2-3-8-17(15)18-16/h2-8,11,16,18H,9-10,12H2,1H3. The summed E-state index contributed by atoms with van der Waals surface area (Å²) in [4.78, 5) is 0. The lowest BCUT2D eigenvalue weighted by molar-refractivity contribution is 0.628. The van der Waals surface area contributed by atoms with E-state index in [1.807, 2.05) is 0 Å². The second-order valence-corrected chi connectivity index (χ2v) is 5.23. The molecule has 1 aliphatic heterocycles. The van der Waals surface area contributed by atoms with Gasteiger partial charge in [0.2, 0.25) is 0 Å². The zero-order valence-corrected chi connectivity index (χ0v) is 10.8. The zero-order chi connectivity index (χ0) is 12.4. The van der Waals surface area contributed by atoms with Crippen LogP contribution < -0.4 is 5.32 Å². The minimum Gasteiger partial charge on any atom is -0.382 e. The first kappa shape index (κ1) is 11.3. The quantitative estimate of drug-likeness (QED) is 0.833. The van der Waals surface area contributed by atoms with Crippen molar-refractivity contribution in [2.45, 2.75) is 32.2 Å². The third-order valence-electron chi connectivity index (χ3n) is 3.70. The van der Waals surface area contributed by atoms with Crippen LogP contribution in [0.1, 0.15) is 23.1 Å². The summed E-state index contributed by atoms with van der Waals surface area (Å²) < 4.78 is 0. The van der Waals surface area contributed by atoms with Crippen LogP contribution in [0.2, 0.25) is 0 Å². The minimum atomic E-state index is 0.571. The summed E-state index contributed by atoms with van der Waals surface area (Å²) in [5.41, 5.74) is 5.56. The van der Waals surface area contributed by atoms with Crippen molar-refractivity contribution in [1.82, 2.24) is 0 Å². The average Bonchev–Trinajstić information content (AvgIpc) is 2.39. The summed E-state index contributed by atoms with van der Waals surface area (Å²) in [5.74, 6) is 0. The Labute approximate surface area is 109 Å². The van der Waals surface area contributed by atoms with Gasteiger partial charge in [-0.3, -0.25) is 0 Å². The lowest BCUT2D eigenvalue weighted by atomic mass is 9.93. The number of hydrogen-bond donors (Lipinski definition) is 1. The molecule has 92 valence electrons. The van der Waals surface area contributed by atoms with Crippen LogP contribution in [0.5, 0.6) is 0 Å². The molecule has 0 aromatic heterocycles. The summed E-state index contributed by atoms with van der Waals surface area (Å²) in [6.07, 6.45) is 3.54. The number of anilines is 1. The Hall–Kier alpha value is -1.76. The molecular formula is C17H19N. The molecule has 2 aromatic rings. The van der Waals surface area contributed by atoms with Crippen LogP contribution in [0.25, 0.3) is 0 Å². The van der Waals surface area contributed by atoms with E-state index in [0.717, 1.165) is 6.42 Å². The summed E-state index contributed by atoms with van der Waals surface area (Å²) in [7, 11) is 0. The highest BCUT2D eigenvalue weighted by Crippen LogP contribution is 2.25. The van der Waals surface area contributed by atoms with Gasteiger partial charge in [-0.25, -0.2) is 0 Å². The SMILES string of the molecule is Cc1cccc(CC2CCc3ccccc3N2)c1. The summed E-state index contributed by atoms with van der Waals surface area (Å²) >= 11 is 0. The van der Waals surface area contributed by atoms with E-state index in [0.29, 0.717) is 6.04 Å². The van der Waals surface area contributed by atoms with Crippen LogP contribution in [-0.4, -0.2) is 6.04 Å². The van der Waals surface area contributed by atoms with Gasteiger partial charge in [-0.15, -0.1) is 0 Å². The molecule has 0 amide bonds. The first-order valence-electron chi connectivity index (χ1n) is 6.71. The minimum absolute atomic E-state index is 0.571. The van der Waals surface area contributed by atoms with Crippen molar-refractivity contribution >= 4 is 5.69 Å². The van der Waals surface area contributed by atoms with Gasteiger partial charge in [-0.1, -0.05) is 48.0 Å². The molecule has 2 aromatic carbocycles. The van der Waals surface area contributed by atoms with Gasteiger partial charge in [0.15, 0.2) is 0 Å². The van der Waals surface area contributed by atoms with Crippen LogP contribution in [0.3, 0.4) is 0 Å². The van der Waals surface area contributed by atoms with Crippen molar-refractivity contribution in [3.8, 4) is 0 Å². The topological polar surface area (TPSA) is 12.0 Å². The lowest BCUT2D eigenvalue weighted by Crippen LogP contribution is -2.27. The fourth-order valence-corrected chi connectivity index (χ4v) is 2.78. The normalized spacial score (nSPS) is 17.9. The maximum Gasteiger partial charge on any atom is 0.0374 e. The van der Waals surface area contributed by atoms with Crippen molar-refractivity contribution in [2.75, 3.05) is 5.32 Å². The van der Waals surface area contributed by atoms with E-state index in [9.17, 15) is 0 Å². The third kappa shape index (κ3) is 2.40. The second-order valence-electron chi connectivity index (χ2n) is 5.23. The first-order valence-corrected chi connectivity index (χ1v) is 6.71. The highest BCUT2D eigenvalue weighted by molar-refractivity contribution is 5.53. The molecule has 0 radical (unpaired) electrons. The number of rotatable bonds is 2. The Balaban J connectivity index is 1.73. The van der Waals surface area contributed by atoms with Gasteiger partial charge >= 0.3 is 0 Å². The van der Waals surface area contributed by atoms with Crippen LogP contribution in [0, 0.1) is 6.92 Å². The number of benzene rings is 2. The van der Waals surface area contributed by atoms with E-state index in [4.69, 9.17) is 0 Å². The molecule has 18 heavy (non-hydrogen) atoms. The van der Waals surface area contributed by atoms with Crippen molar-refractivity contribution in [3.63, 3.8) is 0 Å². The van der Waals surface area contributed by atoms with E-state index in [2.05, 4.69) is 60.8 Å². The van der Waals surface area contributed by atoms with E-state index in [1.165, 1.54) is 35.2 Å². The van der Waals surface area contributed by atoms with E-state index >= 15 is 0 Å². The predicted octanol–water partition coefficient (Wildman–Crippen LogP) is 3.96. The lowest BCUT2D eigenvalue weighted by Gasteiger charge is -2.27. The average molecular weight is 237 g/mol. The van der Waals surface area contributed by atoms with Crippen molar-refractivity contribution < 1.29 is 0 Å². The Morgan fingerprint density at radius 1 is 1.11 bits per heavy atom. The van der Waals surface area contributed by atoms with Gasteiger partial charge in [-0.05, 0) is 43.4 Å². The van der Waals surface area contributed by atoms with Crippen LogP contribution in [0.15, 0.2) is 48.5 Å². The van der Waals surface area contributed by atoms with Gasteiger partial charge in [-0.2, -0.15) is 0 Å². The van der Waals surface area contributed by atoms with Crippen molar-refractivity contribution in [3.05, 3.63) is 65.2 Å². The number of hydrogen-bond acceptors (Lipinski definition) is 1. The second kappa shape index (κ2) is 4.85. The highest BCUT2D eigenvalue weighted by atomic mass is 14.9. The van der Waals surface area contributed by atoms with Crippen LogP contribution >= 0.6 is 0 Å². The largest absolute Gasteiger partial charge is 0.382 e. The highest BCUT2D eigenvalue weighted by Gasteiger charge is 2.17. The Bertz CT molecular complexity index is 545. The van der Waals surface area contributed by atoms with Gasteiger partial charge in [0.1, 0.15) is 0 Å². The zero-order valence-electron chi connectivity index (χ0n) is 10.8. The predicted molar refractivity (Wildman–Crippen MR) is 77.1 cm³/mol. The molecule has 1 heteroatoms. The van der Waals surface area contributed by atoms with Crippen LogP contribution in [0.4, 0.5) is 5.69 Å². The van der Waals surface area contributed by atoms with Crippen molar-refractivity contribution in [2.24, 2.45) is 0 Å². The third-order valence-corrected chi connectivity index (χ3v) is 3.70. The smallest absolute Gasteiger partial charge is 0.0374 e. The monoisotopic (exact) mass is 237 g/mol. The fraction of sp³-hybridized carbons (Fsp3) is 0.294. The fourth-order valence-electron chi connectivity index (χ4n) is 2.78. The maximum atomic E-state index is 3.66. The molecule has 1 atom stereocenters.